The van der Waals surface area contributed by atoms with Gasteiger partial charge in [-0.05, 0) is 31.5 Å². The average Bonchev–Trinajstić information content (AvgIpc) is 2.65. The van der Waals surface area contributed by atoms with Crippen LogP contribution in [0.1, 0.15) is 25.8 Å². The van der Waals surface area contributed by atoms with E-state index in [9.17, 15) is 9.59 Å². The summed E-state index contributed by atoms with van der Waals surface area (Å²) in [6, 6.07) is 7.77. The Morgan fingerprint density at radius 2 is 2.14 bits per heavy atom. The first-order valence-corrected chi connectivity index (χ1v) is 7.85. The molecular weight excluding hydrogens is 278 g/mol. The first-order valence-electron chi connectivity index (χ1n) is 7.85. The number of hydrogen-bond acceptors (Lipinski definition) is 3. The molecule has 0 fully saturated rings. The summed E-state index contributed by atoms with van der Waals surface area (Å²) in [7, 11) is 1.93. The van der Waals surface area contributed by atoms with Crippen molar-refractivity contribution in [2.24, 2.45) is 5.92 Å². The van der Waals surface area contributed by atoms with Crippen molar-refractivity contribution in [2.75, 3.05) is 25.5 Å². The molecule has 0 radical (unpaired) electrons. The van der Waals surface area contributed by atoms with Gasteiger partial charge in [0.05, 0.1) is 6.04 Å². The van der Waals surface area contributed by atoms with Crippen LogP contribution in [0.4, 0.5) is 5.69 Å². The van der Waals surface area contributed by atoms with E-state index in [-0.39, 0.29) is 23.8 Å². The highest BCUT2D eigenvalue weighted by molar-refractivity contribution is 5.96. The average molecular weight is 303 g/mol. The molecule has 0 saturated carbocycles. The van der Waals surface area contributed by atoms with Gasteiger partial charge in [0.15, 0.2) is 0 Å². The summed E-state index contributed by atoms with van der Waals surface area (Å²) < 4.78 is 0. The number of likely N-dealkylation sites (N-methyl/N-ethyl adjacent to an activating group) is 1. The van der Waals surface area contributed by atoms with Gasteiger partial charge in [0, 0.05) is 24.7 Å². The predicted octanol–water partition coefficient (Wildman–Crippen LogP) is 1.64. The number of carbonyl (C=O) groups excluding carboxylic acids is 2. The van der Waals surface area contributed by atoms with Crippen molar-refractivity contribution in [3.63, 3.8) is 0 Å². The van der Waals surface area contributed by atoms with Crippen molar-refractivity contribution in [3.8, 4) is 0 Å². The molecule has 5 heteroatoms. The molecule has 2 amide bonds. The summed E-state index contributed by atoms with van der Waals surface area (Å²) >= 11 is 0. The molecule has 1 aromatic carbocycles. The first kappa shape index (κ1) is 16.5. The molecule has 22 heavy (non-hydrogen) atoms. The zero-order valence-corrected chi connectivity index (χ0v) is 13.6. The molecule has 0 aromatic heterocycles. The number of nitrogens with one attached hydrogen (secondary N) is 2. The number of benzene rings is 1. The van der Waals surface area contributed by atoms with Crippen LogP contribution in [0.2, 0.25) is 0 Å². The smallest absolute Gasteiger partial charge is 0.241 e. The predicted molar refractivity (Wildman–Crippen MR) is 87.7 cm³/mol. The summed E-state index contributed by atoms with van der Waals surface area (Å²) in [5, 5.41) is 5.89. The molecule has 1 heterocycles. The number of nitrogens with zero attached hydrogens (tertiary/aromatic N) is 1. The molecule has 0 aliphatic carbocycles. The zero-order valence-electron chi connectivity index (χ0n) is 13.6. The molecule has 2 N–H and O–H groups in total. The second-order valence-electron chi connectivity index (χ2n) is 6.13. The Labute approximate surface area is 132 Å². The van der Waals surface area contributed by atoms with Gasteiger partial charge < -0.3 is 10.6 Å². The second kappa shape index (κ2) is 7.40. The van der Waals surface area contributed by atoms with Crippen LogP contribution in [0.25, 0.3) is 0 Å². The van der Waals surface area contributed by atoms with E-state index < -0.39 is 0 Å². The maximum atomic E-state index is 12.4. The highest BCUT2D eigenvalue weighted by Gasteiger charge is 2.26. The lowest BCUT2D eigenvalue weighted by atomic mass is 10.1. The molecular formula is C17H25N3O2. The third-order valence-electron chi connectivity index (χ3n) is 4.09. The summed E-state index contributed by atoms with van der Waals surface area (Å²) in [6.07, 6.45) is 1.67. The topological polar surface area (TPSA) is 61.4 Å². The highest BCUT2D eigenvalue weighted by Crippen LogP contribution is 2.23. The van der Waals surface area contributed by atoms with Crippen LogP contribution in [-0.2, 0) is 16.0 Å². The fourth-order valence-corrected chi connectivity index (χ4v) is 2.64. The number of fused-ring (bicyclic) bond motifs is 1. The van der Waals surface area contributed by atoms with Crippen LogP contribution in [0.3, 0.4) is 0 Å². The van der Waals surface area contributed by atoms with E-state index in [1.807, 2.05) is 44.0 Å². The lowest BCUT2D eigenvalue weighted by molar-refractivity contribution is -0.124. The number of aryl methyl sites for hydroxylation is 1. The number of rotatable bonds is 5. The highest BCUT2D eigenvalue weighted by atomic mass is 16.2. The third kappa shape index (κ3) is 4.07. The second-order valence-corrected chi connectivity index (χ2v) is 6.13. The van der Waals surface area contributed by atoms with Crippen molar-refractivity contribution in [1.29, 1.82) is 0 Å². The number of anilines is 1. The normalized spacial score (nSPS) is 17.9. The minimum Gasteiger partial charge on any atom is -0.355 e. The van der Waals surface area contributed by atoms with Gasteiger partial charge in [0.25, 0.3) is 0 Å². The van der Waals surface area contributed by atoms with Crippen molar-refractivity contribution in [2.45, 2.75) is 32.7 Å². The minimum absolute atomic E-state index is 0.0130. The van der Waals surface area contributed by atoms with Crippen LogP contribution in [0, 0.1) is 5.92 Å². The molecule has 0 saturated heterocycles. The number of amides is 2. The largest absolute Gasteiger partial charge is 0.355 e. The van der Waals surface area contributed by atoms with Gasteiger partial charge in [-0.1, -0.05) is 32.0 Å². The Kier molecular flexibility index (Phi) is 5.55. The molecule has 1 atom stereocenters. The number of para-hydroxylation sites is 1. The molecule has 120 valence electrons. The van der Waals surface area contributed by atoms with Crippen LogP contribution in [0.15, 0.2) is 24.3 Å². The molecule has 0 spiro atoms. The van der Waals surface area contributed by atoms with Crippen molar-refractivity contribution in [1.82, 2.24) is 10.2 Å². The van der Waals surface area contributed by atoms with Crippen LogP contribution >= 0.6 is 0 Å². The van der Waals surface area contributed by atoms with E-state index in [0.29, 0.717) is 13.1 Å². The maximum absolute atomic E-state index is 12.4. The van der Waals surface area contributed by atoms with E-state index in [4.69, 9.17) is 0 Å². The van der Waals surface area contributed by atoms with E-state index in [2.05, 4.69) is 16.7 Å². The fourth-order valence-electron chi connectivity index (χ4n) is 2.64. The molecule has 1 aliphatic rings. The Morgan fingerprint density at radius 3 is 2.86 bits per heavy atom. The lowest BCUT2D eigenvalue weighted by Gasteiger charge is -2.25. The van der Waals surface area contributed by atoms with Crippen molar-refractivity contribution >= 4 is 17.5 Å². The van der Waals surface area contributed by atoms with E-state index in [0.717, 1.165) is 18.5 Å². The quantitative estimate of drug-likeness (QED) is 0.869. The molecule has 1 aliphatic heterocycles. The number of hydrogen-bond donors (Lipinski definition) is 2. The van der Waals surface area contributed by atoms with Gasteiger partial charge in [0.2, 0.25) is 11.8 Å². The van der Waals surface area contributed by atoms with Gasteiger partial charge in [-0.2, -0.15) is 0 Å². The molecule has 0 bridgehead atoms. The van der Waals surface area contributed by atoms with Gasteiger partial charge in [0.1, 0.15) is 0 Å². The summed E-state index contributed by atoms with van der Waals surface area (Å²) in [6.45, 7) is 4.96. The van der Waals surface area contributed by atoms with Gasteiger partial charge in [-0.15, -0.1) is 0 Å². The van der Waals surface area contributed by atoms with E-state index in [1.54, 1.807) is 0 Å². The summed E-state index contributed by atoms with van der Waals surface area (Å²) in [5.74, 6) is 0.0646. The fraction of sp³-hybridized carbons (Fsp3) is 0.529. The van der Waals surface area contributed by atoms with Crippen LogP contribution < -0.4 is 10.6 Å². The molecule has 5 nitrogen and oxygen atoms in total. The molecule has 1 aromatic rings. The van der Waals surface area contributed by atoms with Gasteiger partial charge in [-0.25, -0.2) is 0 Å². The Morgan fingerprint density at radius 1 is 1.41 bits per heavy atom. The van der Waals surface area contributed by atoms with Gasteiger partial charge in [-0.3, -0.25) is 14.5 Å². The summed E-state index contributed by atoms with van der Waals surface area (Å²) in [5.41, 5.74) is 2.09. The number of carbonyl (C=O) groups is 2. The van der Waals surface area contributed by atoms with Crippen LogP contribution in [0.5, 0.6) is 0 Å². The monoisotopic (exact) mass is 303 g/mol. The Hall–Kier alpha value is -1.88. The van der Waals surface area contributed by atoms with Gasteiger partial charge >= 0.3 is 0 Å². The third-order valence-corrected chi connectivity index (χ3v) is 4.09. The summed E-state index contributed by atoms with van der Waals surface area (Å²) in [4.78, 5) is 26.0. The van der Waals surface area contributed by atoms with Crippen molar-refractivity contribution < 1.29 is 9.59 Å². The Balaban J connectivity index is 1.90. The minimum atomic E-state index is -0.164. The standard InChI is InChI=1S/C17H25N3O2/c1-12(2)16(21)18-10-11-20(3)15-9-8-13-6-4-5-7-14(13)19-17(15)22/h4-7,12,15H,8-11H2,1-3H3,(H,18,21)(H,19,22)/t15-/m0/s1. The van der Waals surface area contributed by atoms with E-state index in [1.165, 1.54) is 5.56 Å². The molecule has 2 rings (SSSR count). The molecule has 0 unspecified atom stereocenters. The first-order chi connectivity index (χ1) is 10.5. The lowest BCUT2D eigenvalue weighted by Crippen LogP contribution is -2.45. The maximum Gasteiger partial charge on any atom is 0.241 e. The SMILES string of the molecule is CC(C)C(=O)NCCN(C)[C@H]1CCc2ccccc2NC1=O. The Bertz CT molecular complexity index is 542. The zero-order chi connectivity index (χ0) is 16.1. The van der Waals surface area contributed by atoms with Crippen molar-refractivity contribution in [3.05, 3.63) is 29.8 Å². The van der Waals surface area contributed by atoms with E-state index >= 15 is 0 Å². The van der Waals surface area contributed by atoms with Crippen LogP contribution in [-0.4, -0.2) is 42.9 Å².